The van der Waals surface area contributed by atoms with E-state index in [1.54, 1.807) is 11.3 Å². The van der Waals surface area contributed by atoms with Gasteiger partial charge in [-0.2, -0.15) is 5.10 Å². The SMILES string of the molecule is Cc1nc(CNc2cc(C)c3c(C)nn(-c4ccccc4)c3n2)cs1. The van der Waals surface area contributed by atoms with Crippen LogP contribution in [0.5, 0.6) is 0 Å². The van der Waals surface area contributed by atoms with Gasteiger partial charge >= 0.3 is 0 Å². The summed E-state index contributed by atoms with van der Waals surface area (Å²) in [4.78, 5) is 9.31. The summed E-state index contributed by atoms with van der Waals surface area (Å²) in [6.07, 6.45) is 0. The van der Waals surface area contributed by atoms with Crippen molar-refractivity contribution in [1.82, 2.24) is 19.7 Å². The lowest BCUT2D eigenvalue weighted by atomic mass is 10.1. The number of aromatic nitrogens is 4. The normalized spacial score (nSPS) is 11.2. The topological polar surface area (TPSA) is 55.6 Å². The summed E-state index contributed by atoms with van der Waals surface area (Å²) in [7, 11) is 0. The summed E-state index contributed by atoms with van der Waals surface area (Å²) in [6, 6.07) is 12.2. The molecule has 5 nitrogen and oxygen atoms in total. The lowest BCUT2D eigenvalue weighted by molar-refractivity contribution is 0.877. The number of benzene rings is 1. The highest BCUT2D eigenvalue weighted by atomic mass is 32.1. The number of rotatable bonds is 4. The number of nitrogens with one attached hydrogen (secondary N) is 1. The van der Waals surface area contributed by atoms with Crippen molar-refractivity contribution in [2.45, 2.75) is 27.3 Å². The van der Waals surface area contributed by atoms with Gasteiger partial charge in [0, 0.05) is 10.8 Å². The van der Waals surface area contributed by atoms with E-state index < -0.39 is 0 Å². The molecule has 0 aliphatic heterocycles. The van der Waals surface area contributed by atoms with Gasteiger partial charge in [0.2, 0.25) is 0 Å². The molecule has 0 saturated carbocycles. The molecule has 0 aliphatic rings. The molecule has 1 aromatic carbocycles. The molecule has 0 spiro atoms. The largest absolute Gasteiger partial charge is 0.364 e. The summed E-state index contributed by atoms with van der Waals surface area (Å²) in [5, 5.41) is 12.3. The van der Waals surface area contributed by atoms with Crippen LogP contribution in [0.1, 0.15) is 22.0 Å². The number of nitrogens with zero attached hydrogens (tertiary/aromatic N) is 4. The molecule has 4 aromatic rings. The molecule has 1 N–H and O–H groups in total. The molecule has 6 heteroatoms. The Hall–Kier alpha value is -2.73. The lowest BCUT2D eigenvalue weighted by Gasteiger charge is -2.08. The maximum Gasteiger partial charge on any atom is 0.165 e. The third-order valence-corrected chi connectivity index (χ3v) is 4.95. The van der Waals surface area contributed by atoms with Crippen molar-refractivity contribution in [2.24, 2.45) is 0 Å². The van der Waals surface area contributed by atoms with E-state index in [9.17, 15) is 0 Å². The molecule has 0 bridgehead atoms. The second-order valence-corrected chi connectivity index (χ2v) is 7.13. The van der Waals surface area contributed by atoms with E-state index in [2.05, 4.69) is 28.7 Å². The van der Waals surface area contributed by atoms with Gasteiger partial charge in [0.1, 0.15) is 5.82 Å². The predicted molar refractivity (Wildman–Crippen MR) is 103 cm³/mol. The third-order valence-electron chi connectivity index (χ3n) is 4.13. The van der Waals surface area contributed by atoms with Gasteiger partial charge in [-0.05, 0) is 44.5 Å². The van der Waals surface area contributed by atoms with Gasteiger partial charge in [-0.25, -0.2) is 14.6 Å². The van der Waals surface area contributed by atoms with E-state index in [1.165, 1.54) is 5.56 Å². The Balaban J connectivity index is 1.74. The number of hydrogen-bond acceptors (Lipinski definition) is 5. The molecule has 0 aliphatic carbocycles. The van der Waals surface area contributed by atoms with Crippen LogP contribution in [0.4, 0.5) is 5.82 Å². The maximum absolute atomic E-state index is 4.82. The van der Waals surface area contributed by atoms with Gasteiger partial charge in [0.25, 0.3) is 0 Å². The molecule has 0 atom stereocenters. The zero-order valence-electron chi connectivity index (χ0n) is 14.4. The third kappa shape index (κ3) is 3.00. The number of anilines is 1. The smallest absolute Gasteiger partial charge is 0.165 e. The van der Waals surface area contributed by atoms with Crippen molar-refractivity contribution in [1.29, 1.82) is 0 Å². The van der Waals surface area contributed by atoms with E-state index in [1.807, 2.05) is 48.9 Å². The summed E-state index contributed by atoms with van der Waals surface area (Å²) in [5.74, 6) is 0.840. The van der Waals surface area contributed by atoms with Crippen molar-refractivity contribution in [3.05, 3.63) is 63.7 Å². The molecule has 4 rings (SSSR count). The highest BCUT2D eigenvalue weighted by Gasteiger charge is 2.14. The standard InChI is InChI=1S/C19H19N5S/c1-12-9-17(20-10-15-11-25-14(3)21-15)22-19-18(12)13(2)23-24(19)16-7-5-4-6-8-16/h4-9,11H,10H2,1-3H3,(H,20,22). The fourth-order valence-corrected chi connectivity index (χ4v) is 3.63. The van der Waals surface area contributed by atoms with E-state index >= 15 is 0 Å². The van der Waals surface area contributed by atoms with Crippen molar-refractivity contribution in [3.63, 3.8) is 0 Å². The Labute approximate surface area is 150 Å². The number of fused-ring (bicyclic) bond motifs is 1. The lowest BCUT2D eigenvalue weighted by Crippen LogP contribution is -2.04. The van der Waals surface area contributed by atoms with Crippen LogP contribution in [0.3, 0.4) is 0 Å². The molecule has 126 valence electrons. The average molecular weight is 349 g/mol. The second-order valence-electron chi connectivity index (χ2n) is 6.07. The minimum atomic E-state index is 0.667. The first-order valence-corrected chi connectivity index (χ1v) is 9.07. The predicted octanol–water partition coefficient (Wildman–Crippen LogP) is 4.41. The van der Waals surface area contributed by atoms with Crippen molar-refractivity contribution >= 4 is 28.2 Å². The molecule has 0 amide bonds. The van der Waals surface area contributed by atoms with Crippen molar-refractivity contribution < 1.29 is 0 Å². The Morgan fingerprint density at radius 1 is 1.08 bits per heavy atom. The number of para-hydroxylation sites is 1. The van der Waals surface area contributed by atoms with Gasteiger partial charge in [0.05, 0.1) is 28.6 Å². The highest BCUT2D eigenvalue weighted by molar-refractivity contribution is 7.09. The molecule has 0 radical (unpaired) electrons. The molecule has 25 heavy (non-hydrogen) atoms. The van der Waals surface area contributed by atoms with E-state index in [0.717, 1.165) is 38.9 Å². The van der Waals surface area contributed by atoms with E-state index in [0.29, 0.717) is 6.54 Å². The van der Waals surface area contributed by atoms with Crippen LogP contribution in [0.2, 0.25) is 0 Å². The van der Waals surface area contributed by atoms with Crippen LogP contribution < -0.4 is 5.32 Å². The van der Waals surface area contributed by atoms with Crippen LogP contribution in [-0.2, 0) is 6.54 Å². The molecule has 3 aromatic heterocycles. The van der Waals surface area contributed by atoms with Crippen LogP contribution >= 0.6 is 11.3 Å². The Kier molecular flexibility index (Phi) is 3.97. The average Bonchev–Trinajstić information content (AvgIpc) is 3.17. The van der Waals surface area contributed by atoms with Crippen molar-refractivity contribution in [3.8, 4) is 5.69 Å². The van der Waals surface area contributed by atoms with Crippen molar-refractivity contribution in [2.75, 3.05) is 5.32 Å². The summed E-state index contributed by atoms with van der Waals surface area (Å²) >= 11 is 1.66. The van der Waals surface area contributed by atoms with Crippen LogP contribution in [0, 0.1) is 20.8 Å². The minimum Gasteiger partial charge on any atom is -0.364 e. The van der Waals surface area contributed by atoms with Gasteiger partial charge in [0.15, 0.2) is 5.65 Å². The fourth-order valence-electron chi connectivity index (χ4n) is 3.01. The molecule has 3 heterocycles. The Morgan fingerprint density at radius 2 is 1.88 bits per heavy atom. The number of aryl methyl sites for hydroxylation is 3. The molecule has 0 saturated heterocycles. The van der Waals surface area contributed by atoms with Gasteiger partial charge < -0.3 is 5.32 Å². The molecule has 0 unspecified atom stereocenters. The summed E-state index contributed by atoms with van der Waals surface area (Å²) < 4.78 is 1.91. The first-order chi connectivity index (χ1) is 12.1. The van der Waals surface area contributed by atoms with Crippen LogP contribution in [-0.4, -0.2) is 19.7 Å². The zero-order valence-corrected chi connectivity index (χ0v) is 15.3. The zero-order chi connectivity index (χ0) is 17.4. The molecule has 0 fully saturated rings. The van der Waals surface area contributed by atoms with Crippen LogP contribution in [0.25, 0.3) is 16.7 Å². The molecular formula is C19H19N5S. The van der Waals surface area contributed by atoms with E-state index in [-0.39, 0.29) is 0 Å². The maximum atomic E-state index is 4.82. The highest BCUT2D eigenvalue weighted by Crippen LogP contribution is 2.26. The first-order valence-electron chi connectivity index (χ1n) is 8.19. The quantitative estimate of drug-likeness (QED) is 0.593. The second kappa shape index (κ2) is 6.29. The molecular weight excluding hydrogens is 330 g/mol. The van der Waals surface area contributed by atoms with Gasteiger partial charge in [-0.1, -0.05) is 18.2 Å². The minimum absolute atomic E-state index is 0.667. The van der Waals surface area contributed by atoms with Gasteiger partial charge in [-0.15, -0.1) is 11.3 Å². The number of thiazole rings is 1. The number of hydrogen-bond donors (Lipinski definition) is 1. The summed E-state index contributed by atoms with van der Waals surface area (Å²) in [5.41, 5.74) is 5.09. The van der Waals surface area contributed by atoms with Crippen LogP contribution in [0.15, 0.2) is 41.8 Å². The first kappa shape index (κ1) is 15.8. The van der Waals surface area contributed by atoms with Gasteiger partial charge in [-0.3, -0.25) is 0 Å². The summed E-state index contributed by atoms with van der Waals surface area (Å²) in [6.45, 7) is 6.82. The Morgan fingerprint density at radius 3 is 2.60 bits per heavy atom. The Bertz CT molecular complexity index is 1030. The monoisotopic (exact) mass is 349 g/mol. The fraction of sp³-hybridized carbons (Fsp3) is 0.211. The number of pyridine rings is 1. The van der Waals surface area contributed by atoms with E-state index in [4.69, 9.17) is 10.1 Å².